The Kier molecular flexibility index (Phi) is 6.34. The molecule has 3 aromatic carbocycles. The van der Waals surface area contributed by atoms with E-state index in [1.54, 1.807) is 12.1 Å². The predicted octanol–water partition coefficient (Wildman–Crippen LogP) is 6.00. The summed E-state index contributed by atoms with van der Waals surface area (Å²) in [6, 6.07) is 7.09. The molecule has 0 bridgehead atoms. The van der Waals surface area contributed by atoms with Gasteiger partial charge in [0.05, 0.1) is 16.7 Å². The van der Waals surface area contributed by atoms with E-state index in [-0.39, 0.29) is 28.3 Å². The highest BCUT2D eigenvalue weighted by Crippen LogP contribution is 2.58. The highest BCUT2D eigenvalue weighted by Gasteiger charge is 2.46. The number of amides is 1. The monoisotopic (exact) mass is 535 g/mol. The normalized spacial score (nSPS) is 18.5. The van der Waals surface area contributed by atoms with Crippen molar-refractivity contribution in [3.63, 3.8) is 0 Å². The molecule has 1 fully saturated rings. The number of ether oxygens (including phenoxy) is 1. The second kappa shape index (κ2) is 9.33. The van der Waals surface area contributed by atoms with E-state index in [0.717, 1.165) is 42.3 Å². The van der Waals surface area contributed by atoms with Crippen molar-refractivity contribution in [3.05, 3.63) is 86.7 Å². The Labute approximate surface area is 213 Å². The third-order valence-corrected chi connectivity index (χ3v) is 7.11. The van der Waals surface area contributed by atoms with Gasteiger partial charge in [-0.05, 0) is 42.2 Å². The van der Waals surface area contributed by atoms with Crippen molar-refractivity contribution in [2.24, 2.45) is 5.92 Å². The fourth-order valence-electron chi connectivity index (χ4n) is 4.72. The summed E-state index contributed by atoms with van der Waals surface area (Å²) in [5.74, 6) is -4.49. The molecule has 0 aromatic heterocycles. The molecule has 0 unspecified atom stereocenters. The number of aliphatic carboxylic acids is 1. The molecule has 3 aromatic rings. The maximum absolute atomic E-state index is 14.0. The lowest BCUT2D eigenvalue weighted by atomic mass is 9.89. The number of halogens is 5. The minimum Gasteiger partial charge on any atom is -0.492 e. The number of carboxylic acids is 1. The molecule has 36 heavy (non-hydrogen) atoms. The van der Waals surface area contributed by atoms with Crippen LogP contribution in [0.3, 0.4) is 0 Å². The Morgan fingerprint density at radius 2 is 1.75 bits per heavy atom. The van der Waals surface area contributed by atoms with Crippen molar-refractivity contribution in [1.29, 1.82) is 0 Å². The quantitative estimate of drug-likeness (QED) is 0.406. The van der Waals surface area contributed by atoms with Gasteiger partial charge in [0.25, 0.3) is 5.91 Å². The molecule has 1 heterocycles. The van der Waals surface area contributed by atoms with E-state index in [2.05, 4.69) is 5.32 Å². The molecule has 0 spiro atoms. The van der Waals surface area contributed by atoms with Gasteiger partial charge in [0.2, 0.25) is 0 Å². The molecule has 10 heteroatoms. The smallest absolute Gasteiger partial charge is 0.326 e. The first kappa shape index (κ1) is 24.5. The van der Waals surface area contributed by atoms with Crippen molar-refractivity contribution in [3.8, 4) is 16.9 Å². The summed E-state index contributed by atoms with van der Waals surface area (Å²) < 4.78 is 47.9. The van der Waals surface area contributed by atoms with Crippen LogP contribution in [0.2, 0.25) is 10.0 Å². The van der Waals surface area contributed by atoms with Gasteiger partial charge in [-0.2, -0.15) is 0 Å². The first-order valence-electron chi connectivity index (χ1n) is 11.1. The Morgan fingerprint density at radius 1 is 1.08 bits per heavy atom. The van der Waals surface area contributed by atoms with Gasteiger partial charge in [-0.25, -0.2) is 18.0 Å². The number of carbonyl (C=O) groups is 2. The Morgan fingerprint density at radius 3 is 2.39 bits per heavy atom. The molecule has 3 atom stereocenters. The minimum absolute atomic E-state index is 0.0964. The molecule has 1 amide bonds. The molecule has 2 aliphatic rings. The van der Waals surface area contributed by atoms with Crippen LogP contribution in [0.25, 0.3) is 11.1 Å². The summed E-state index contributed by atoms with van der Waals surface area (Å²) in [6.45, 7) is 0.455. The van der Waals surface area contributed by atoms with Crippen molar-refractivity contribution in [2.75, 3.05) is 6.61 Å². The largest absolute Gasteiger partial charge is 0.492 e. The van der Waals surface area contributed by atoms with Gasteiger partial charge < -0.3 is 15.2 Å². The average Bonchev–Trinajstić information content (AvgIpc) is 3.59. The van der Waals surface area contributed by atoms with Gasteiger partial charge in [-0.3, -0.25) is 4.79 Å². The van der Waals surface area contributed by atoms with Gasteiger partial charge in [0, 0.05) is 29.0 Å². The van der Waals surface area contributed by atoms with Crippen molar-refractivity contribution < 1.29 is 32.6 Å². The Balaban J connectivity index is 1.52. The number of benzene rings is 3. The number of carboxylic acid groups (broad SMARTS) is 1. The summed E-state index contributed by atoms with van der Waals surface area (Å²) in [6.07, 6.45) is 0.677. The lowest BCUT2D eigenvalue weighted by molar-refractivity contribution is -0.139. The number of hydrogen-bond donors (Lipinski definition) is 2. The molecule has 5 rings (SSSR count). The van der Waals surface area contributed by atoms with E-state index in [1.165, 1.54) is 0 Å². The maximum atomic E-state index is 14.0. The number of nitrogens with one attached hydrogen (secondary N) is 1. The second-order valence-corrected chi connectivity index (χ2v) is 9.65. The summed E-state index contributed by atoms with van der Waals surface area (Å²) in [5, 5.41) is 12.2. The molecule has 0 saturated heterocycles. The topological polar surface area (TPSA) is 75.6 Å². The average molecular weight is 536 g/mol. The SMILES string of the molecule is O=C(N[C@@H](Cc1ccc(-c2c(Cl)cc(F)cc2Cl)c2c1[C@H]1C[C@H]1CO2)C(=O)O)c1c(F)cccc1F. The van der Waals surface area contributed by atoms with E-state index >= 15 is 0 Å². The standard InChI is InChI=1S/C26H18Cl2F3NO4/c27-16-8-13(29)9-17(28)22(16)14-5-4-11(21-15-6-12(15)10-36-24(14)21)7-20(26(34)35)32-25(33)23-18(30)2-1-3-19(23)31/h1-5,8-9,12,15,20H,6-7,10H2,(H,32,33)(H,34,35)/t12-,15-,20-/m0/s1. The maximum Gasteiger partial charge on any atom is 0.326 e. The third-order valence-electron chi connectivity index (χ3n) is 6.52. The zero-order chi connectivity index (χ0) is 25.7. The van der Waals surface area contributed by atoms with E-state index in [0.29, 0.717) is 29.0 Å². The van der Waals surface area contributed by atoms with E-state index in [9.17, 15) is 27.9 Å². The third kappa shape index (κ3) is 4.40. The van der Waals surface area contributed by atoms with E-state index in [4.69, 9.17) is 27.9 Å². The number of rotatable bonds is 6. The first-order valence-corrected chi connectivity index (χ1v) is 11.8. The lowest BCUT2D eigenvalue weighted by Gasteiger charge is -2.25. The van der Waals surface area contributed by atoms with Gasteiger partial charge >= 0.3 is 5.97 Å². The van der Waals surface area contributed by atoms with Gasteiger partial charge in [0.1, 0.15) is 34.8 Å². The van der Waals surface area contributed by atoms with Crippen LogP contribution >= 0.6 is 23.2 Å². The van der Waals surface area contributed by atoms with Crippen LogP contribution in [0.15, 0.2) is 42.5 Å². The molecular weight excluding hydrogens is 518 g/mol. The molecule has 2 N–H and O–H groups in total. The van der Waals surface area contributed by atoms with E-state index < -0.39 is 40.9 Å². The Bertz CT molecular complexity index is 1370. The van der Waals surface area contributed by atoms with Gasteiger partial charge in [0.15, 0.2) is 0 Å². The highest BCUT2D eigenvalue weighted by atomic mass is 35.5. The number of carbonyl (C=O) groups excluding carboxylic acids is 1. The zero-order valence-electron chi connectivity index (χ0n) is 18.5. The van der Waals surface area contributed by atoms with Crippen molar-refractivity contribution in [1.82, 2.24) is 5.32 Å². The van der Waals surface area contributed by atoms with Gasteiger partial charge in [-0.1, -0.05) is 41.4 Å². The number of fused-ring (bicyclic) bond motifs is 3. The second-order valence-electron chi connectivity index (χ2n) is 8.84. The summed E-state index contributed by atoms with van der Waals surface area (Å²) >= 11 is 12.6. The van der Waals surface area contributed by atoms with Crippen molar-refractivity contribution >= 4 is 35.1 Å². The molecule has 186 valence electrons. The first-order chi connectivity index (χ1) is 17.2. The fraction of sp³-hybridized carbons (Fsp3) is 0.231. The predicted molar refractivity (Wildman–Crippen MR) is 127 cm³/mol. The Hall–Kier alpha value is -3.23. The van der Waals surface area contributed by atoms with E-state index in [1.807, 2.05) is 0 Å². The molecule has 5 nitrogen and oxygen atoms in total. The minimum atomic E-state index is -1.47. The lowest BCUT2D eigenvalue weighted by Crippen LogP contribution is -2.43. The molecule has 1 aliphatic heterocycles. The summed E-state index contributed by atoms with van der Waals surface area (Å²) in [5.41, 5.74) is 1.43. The van der Waals surface area contributed by atoms with Crippen LogP contribution in [0.4, 0.5) is 13.2 Å². The van der Waals surface area contributed by atoms with Crippen molar-refractivity contribution in [2.45, 2.75) is 24.8 Å². The van der Waals surface area contributed by atoms with Crippen LogP contribution in [-0.2, 0) is 11.2 Å². The molecule has 1 saturated carbocycles. The van der Waals surface area contributed by atoms with Crippen LogP contribution in [0.5, 0.6) is 5.75 Å². The number of hydrogen-bond acceptors (Lipinski definition) is 3. The fourth-order valence-corrected chi connectivity index (χ4v) is 5.38. The molecule has 0 radical (unpaired) electrons. The summed E-state index contributed by atoms with van der Waals surface area (Å²) in [7, 11) is 0. The van der Waals surface area contributed by atoms with Gasteiger partial charge in [-0.15, -0.1) is 0 Å². The van der Waals surface area contributed by atoms with Crippen LogP contribution in [-0.4, -0.2) is 29.6 Å². The van der Waals surface area contributed by atoms with Crippen LogP contribution < -0.4 is 10.1 Å². The molecular formula is C26H18Cl2F3NO4. The highest BCUT2D eigenvalue weighted by molar-refractivity contribution is 6.39. The van der Waals surface area contributed by atoms with Crippen LogP contribution in [0.1, 0.15) is 33.8 Å². The molecule has 1 aliphatic carbocycles. The summed E-state index contributed by atoms with van der Waals surface area (Å²) in [4.78, 5) is 24.6. The zero-order valence-corrected chi connectivity index (χ0v) is 20.0. The van der Waals surface area contributed by atoms with Crippen LogP contribution in [0, 0.1) is 23.4 Å².